The fourth-order valence-electron chi connectivity index (χ4n) is 4.59. The fraction of sp³-hybridized carbons (Fsp3) is 0.241. The van der Waals surface area contributed by atoms with Crippen LogP contribution in [0.15, 0.2) is 72.8 Å². The van der Waals surface area contributed by atoms with E-state index in [2.05, 4.69) is 36.9 Å². The first-order valence-corrected chi connectivity index (χ1v) is 12.4. The van der Waals surface area contributed by atoms with Crippen LogP contribution in [0.1, 0.15) is 21.6 Å². The third kappa shape index (κ3) is 4.56. The highest BCUT2D eigenvalue weighted by atomic mass is 35.5. The van der Waals surface area contributed by atoms with Crippen molar-refractivity contribution in [2.24, 2.45) is 0 Å². The quantitative estimate of drug-likeness (QED) is 0.348. The Morgan fingerprint density at radius 1 is 0.861 bits per heavy atom. The number of hydrogen-bond acceptors (Lipinski definition) is 4. The lowest BCUT2D eigenvalue weighted by Gasteiger charge is -2.36. The zero-order chi connectivity index (χ0) is 25.2. The molecule has 5 rings (SSSR count). The third-order valence-electron chi connectivity index (χ3n) is 6.80. The van der Waals surface area contributed by atoms with Crippen molar-refractivity contribution in [2.45, 2.75) is 13.8 Å². The van der Waals surface area contributed by atoms with E-state index < -0.39 is 0 Å². The van der Waals surface area contributed by atoms with Crippen LogP contribution in [0.4, 0.5) is 5.69 Å². The molecule has 4 aromatic rings. The number of rotatable bonds is 5. The highest BCUT2D eigenvalue weighted by molar-refractivity contribution is 6.32. The maximum absolute atomic E-state index is 13.8. The van der Waals surface area contributed by atoms with Crippen LogP contribution in [0.3, 0.4) is 0 Å². The number of ether oxygens (including phenoxy) is 1. The molecule has 7 heteroatoms. The smallest absolute Gasteiger partial charge is 0.272 e. The summed E-state index contributed by atoms with van der Waals surface area (Å²) < 4.78 is 7.21. The molecule has 2 heterocycles. The molecule has 3 aromatic carbocycles. The lowest BCUT2D eigenvalue weighted by Crippen LogP contribution is -2.49. The lowest BCUT2D eigenvalue weighted by molar-refractivity contribution is 0.0737. The van der Waals surface area contributed by atoms with Gasteiger partial charge >= 0.3 is 0 Å². The summed E-state index contributed by atoms with van der Waals surface area (Å²) in [7, 11) is 1.68. The molecule has 1 aliphatic rings. The van der Waals surface area contributed by atoms with Crippen LogP contribution in [0, 0.1) is 13.8 Å². The van der Waals surface area contributed by atoms with Crippen LogP contribution < -0.4 is 9.64 Å². The van der Waals surface area contributed by atoms with Crippen molar-refractivity contribution < 1.29 is 9.53 Å². The number of aryl methyl sites for hydroxylation is 2. The topological polar surface area (TPSA) is 50.6 Å². The summed E-state index contributed by atoms with van der Waals surface area (Å²) in [6.07, 6.45) is 0. The summed E-state index contributed by atoms with van der Waals surface area (Å²) in [5.74, 6) is 0.782. The van der Waals surface area contributed by atoms with Gasteiger partial charge in [0.2, 0.25) is 0 Å². The Kier molecular flexibility index (Phi) is 6.70. The van der Waals surface area contributed by atoms with Crippen molar-refractivity contribution in [1.82, 2.24) is 14.7 Å². The molecule has 0 bridgehead atoms. The van der Waals surface area contributed by atoms with Gasteiger partial charge in [-0.2, -0.15) is 5.10 Å². The average molecular weight is 501 g/mol. The Hall–Kier alpha value is -3.77. The first kappa shape index (κ1) is 23.9. The molecule has 1 aliphatic heterocycles. The van der Waals surface area contributed by atoms with Crippen LogP contribution in [0.5, 0.6) is 5.75 Å². The molecule has 1 aromatic heterocycles. The first-order chi connectivity index (χ1) is 17.5. The Morgan fingerprint density at radius 2 is 1.56 bits per heavy atom. The van der Waals surface area contributed by atoms with Crippen molar-refractivity contribution in [3.63, 3.8) is 0 Å². The van der Waals surface area contributed by atoms with Crippen molar-refractivity contribution in [2.75, 3.05) is 38.2 Å². The number of amides is 1. The molecular weight excluding hydrogens is 472 g/mol. The molecule has 1 amide bonds. The minimum atomic E-state index is -0.0582. The van der Waals surface area contributed by atoms with Crippen molar-refractivity contribution in [3.8, 4) is 22.7 Å². The number of aromatic nitrogens is 2. The zero-order valence-corrected chi connectivity index (χ0v) is 21.5. The molecule has 0 spiro atoms. The predicted octanol–water partition coefficient (Wildman–Crippen LogP) is 5.78. The molecule has 0 unspecified atom stereocenters. The molecule has 0 atom stereocenters. The summed E-state index contributed by atoms with van der Waals surface area (Å²) in [6, 6.07) is 23.6. The largest absolute Gasteiger partial charge is 0.495 e. The van der Waals surface area contributed by atoms with E-state index in [-0.39, 0.29) is 5.91 Å². The summed E-state index contributed by atoms with van der Waals surface area (Å²) in [5.41, 5.74) is 6.35. The Bertz CT molecular complexity index is 1410. The van der Waals surface area contributed by atoms with Gasteiger partial charge in [0.25, 0.3) is 5.91 Å². The summed E-state index contributed by atoms with van der Waals surface area (Å²) in [4.78, 5) is 18.0. The van der Waals surface area contributed by atoms with Crippen LogP contribution >= 0.6 is 11.6 Å². The first-order valence-electron chi connectivity index (χ1n) is 12.1. The molecule has 184 valence electrons. The maximum Gasteiger partial charge on any atom is 0.272 e. The Labute approximate surface area is 216 Å². The minimum absolute atomic E-state index is 0.0582. The number of nitrogens with zero attached hydrogens (tertiary/aromatic N) is 4. The predicted molar refractivity (Wildman–Crippen MR) is 145 cm³/mol. The highest BCUT2D eigenvalue weighted by Gasteiger charge is 2.27. The second-order valence-corrected chi connectivity index (χ2v) is 9.44. The average Bonchev–Trinajstić information content (AvgIpc) is 3.35. The number of anilines is 1. The van der Waals surface area contributed by atoms with Gasteiger partial charge in [0.1, 0.15) is 11.4 Å². The van der Waals surface area contributed by atoms with Gasteiger partial charge in [-0.25, -0.2) is 4.68 Å². The fourth-order valence-corrected chi connectivity index (χ4v) is 4.80. The van der Waals surface area contributed by atoms with E-state index >= 15 is 0 Å². The van der Waals surface area contributed by atoms with Crippen LogP contribution in [0.2, 0.25) is 5.02 Å². The molecular formula is C29H29ClN4O2. The van der Waals surface area contributed by atoms with E-state index in [0.29, 0.717) is 29.5 Å². The van der Waals surface area contributed by atoms with Crippen molar-refractivity contribution in [1.29, 1.82) is 0 Å². The van der Waals surface area contributed by atoms with Gasteiger partial charge in [-0.15, -0.1) is 0 Å². The van der Waals surface area contributed by atoms with Gasteiger partial charge in [-0.1, -0.05) is 48.0 Å². The number of hydrogen-bond donors (Lipinski definition) is 0. The Morgan fingerprint density at radius 3 is 2.25 bits per heavy atom. The second kappa shape index (κ2) is 10.1. The molecule has 0 N–H and O–H groups in total. The maximum atomic E-state index is 13.8. The van der Waals surface area contributed by atoms with Crippen LogP contribution in [0.25, 0.3) is 16.9 Å². The molecule has 6 nitrogen and oxygen atoms in total. The standard InChI is InChI=1S/C29H29ClN4O2/c1-20-12-13-22(18-21(20)2)24-19-27(34(31-24)25-9-5-4-8-23(25)30)29(35)33-16-14-32(15-17-33)26-10-6-7-11-28(26)36-3/h4-13,18-19H,14-17H2,1-3H3. The van der Waals surface area contributed by atoms with Crippen LogP contribution in [-0.2, 0) is 0 Å². The van der Waals surface area contributed by atoms with Gasteiger partial charge in [-0.05, 0) is 61.4 Å². The van der Waals surface area contributed by atoms with Crippen molar-refractivity contribution in [3.05, 3.63) is 94.6 Å². The molecule has 1 saturated heterocycles. The van der Waals surface area contributed by atoms with E-state index in [1.807, 2.05) is 59.5 Å². The van der Waals surface area contributed by atoms with E-state index in [0.717, 1.165) is 35.8 Å². The molecule has 1 fully saturated rings. The number of benzene rings is 3. The summed E-state index contributed by atoms with van der Waals surface area (Å²) >= 11 is 6.53. The summed E-state index contributed by atoms with van der Waals surface area (Å²) in [6.45, 7) is 6.80. The Balaban J connectivity index is 1.46. The van der Waals surface area contributed by atoms with E-state index in [1.165, 1.54) is 11.1 Å². The molecule has 0 saturated carbocycles. The number of halogens is 1. The van der Waals surface area contributed by atoms with Crippen LogP contribution in [-0.4, -0.2) is 53.9 Å². The number of carbonyl (C=O) groups excluding carboxylic acids is 1. The van der Waals surface area contributed by atoms with Gasteiger partial charge in [0.05, 0.1) is 29.2 Å². The van der Waals surface area contributed by atoms with E-state index in [4.69, 9.17) is 21.4 Å². The number of para-hydroxylation sites is 3. The van der Waals surface area contributed by atoms with Gasteiger partial charge in [-0.3, -0.25) is 4.79 Å². The van der Waals surface area contributed by atoms with E-state index in [9.17, 15) is 4.79 Å². The third-order valence-corrected chi connectivity index (χ3v) is 7.12. The summed E-state index contributed by atoms with van der Waals surface area (Å²) in [5, 5.41) is 5.38. The van der Waals surface area contributed by atoms with Crippen molar-refractivity contribution >= 4 is 23.2 Å². The number of carbonyl (C=O) groups is 1. The lowest BCUT2D eigenvalue weighted by atomic mass is 10.0. The second-order valence-electron chi connectivity index (χ2n) is 9.03. The minimum Gasteiger partial charge on any atom is -0.495 e. The van der Waals surface area contributed by atoms with E-state index in [1.54, 1.807) is 11.8 Å². The number of piperazine rings is 1. The van der Waals surface area contributed by atoms with Gasteiger partial charge < -0.3 is 14.5 Å². The van der Waals surface area contributed by atoms with Gasteiger partial charge in [0.15, 0.2) is 0 Å². The normalized spacial score (nSPS) is 13.7. The molecule has 0 aliphatic carbocycles. The SMILES string of the molecule is COc1ccccc1N1CCN(C(=O)c2cc(-c3ccc(C)c(C)c3)nn2-c2ccccc2Cl)CC1. The monoisotopic (exact) mass is 500 g/mol. The zero-order valence-electron chi connectivity index (χ0n) is 20.7. The number of methoxy groups -OCH3 is 1. The molecule has 36 heavy (non-hydrogen) atoms. The van der Waals surface area contributed by atoms with Gasteiger partial charge in [0, 0.05) is 31.7 Å². The highest BCUT2D eigenvalue weighted by Crippen LogP contribution is 2.30. The molecule has 0 radical (unpaired) electrons.